The largest absolute Gasteiger partial charge is 0.497 e. The first kappa shape index (κ1) is 18.0. The molecule has 2 aliphatic rings. The minimum absolute atomic E-state index is 0.0348. The number of hydrogen-bond acceptors (Lipinski definition) is 4. The third-order valence-electron chi connectivity index (χ3n) is 5.36. The highest BCUT2D eigenvalue weighted by Gasteiger charge is 2.34. The molecular formula is C22H25NO4. The van der Waals surface area contributed by atoms with Crippen LogP contribution in [-0.2, 0) is 9.47 Å². The number of hydrogen-bond donors (Lipinski definition) is 1. The van der Waals surface area contributed by atoms with Crippen LogP contribution in [0.5, 0.6) is 5.75 Å². The number of nitrogens with one attached hydrogen (secondary N) is 1. The molecular weight excluding hydrogens is 342 g/mol. The summed E-state index contributed by atoms with van der Waals surface area (Å²) < 4.78 is 16.8. The normalized spacial score (nSPS) is 24.7. The van der Waals surface area contributed by atoms with E-state index in [9.17, 15) is 4.79 Å². The van der Waals surface area contributed by atoms with Crippen molar-refractivity contribution in [2.75, 3.05) is 20.3 Å². The van der Waals surface area contributed by atoms with E-state index in [4.69, 9.17) is 14.2 Å². The average molecular weight is 367 g/mol. The molecule has 2 fully saturated rings. The van der Waals surface area contributed by atoms with Crippen molar-refractivity contribution in [3.63, 3.8) is 0 Å². The number of benzene rings is 2. The predicted octanol–water partition coefficient (Wildman–Crippen LogP) is 3.43. The van der Waals surface area contributed by atoms with Crippen LogP contribution in [0.2, 0.25) is 0 Å². The van der Waals surface area contributed by atoms with Crippen molar-refractivity contribution in [3.05, 3.63) is 54.1 Å². The lowest BCUT2D eigenvalue weighted by Gasteiger charge is -2.39. The van der Waals surface area contributed by atoms with Gasteiger partial charge in [0.1, 0.15) is 5.75 Å². The van der Waals surface area contributed by atoms with E-state index < -0.39 is 0 Å². The van der Waals surface area contributed by atoms with Gasteiger partial charge in [-0.1, -0.05) is 24.3 Å². The minimum atomic E-state index is -0.0348. The fourth-order valence-electron chi connectivity index (χ4n) is 3.88. The zero-order valence-electron chi connectivity index (χ0n) is 15.5. The Morgan fingerprint density at radius 2 is 1.78 bits per heavy atom. The van der Waals surface area contributed by atoms with Gasteiger partial charge in [0.15, 0.2) is 0 Å². The fraction of sp³-hybridized carbons (Fsp3) is 0.409. The summed E-state index contributed by atoms with van der Waals surface area (Å²) in [6.07, 6.45) is 2.98. The second kappa shape index (κ2) is 8.11. The standard InChI is InChI=1S/C22H25NO4/c1-25-19-4-2-3-17(13-19)15-5-7-16(8-6-15)22(24)23-18-9-10-20-21(14-18)27-12-11-26-20/h2-8,13,18,20-21H,9-12,14H2,1H3,(H,23,24)/t18-,20-,21+/m1/s1. The molecule has 0 bridgehead atoms. The molecule has 142 valence electrons. The van der Waals surface area contributed by atoms with Crippen LogP contribution >= 0.6 is 0 Å². The molecule has 1 aliphatic carbocycles. The van der Waals surface area contributed by atoms with Crippen LogP contribution in [0.3, 0.4) is 0 Å². The Morgan fingerprint density at radius 1 is 1.00 bits per heavy atom. The van der Waals surface area contributed by atoms with E-state index >= 15 is 0 Å². The van der Waals surface area contributed by atoms with Gasteiger partial charge in [0.05, 0.1) is 32.5 Å². The minimum Gasteiger partial charge on any atom is -0.497 e. The Morgan fingerprint density at radius 3 is 2.56 bits per heavy atom. The molecule has 0 aromatic heterocycles. The fourth-order valence-corrected chi connectivity index (χ4v) is 3.88. The van der Waals surface area contributed by atoms with E-state index in [1.54, 1.807) is 7.11 Å². The van der Waals surface area contributed by atoms with Gasteiger partial charge in [-0.05, 0) is 54.7 Å². The summed E-state index contributed by atoms with van der Waals surface area (Å²) in [7, 11) is 1.66. The number of amides is 1. The summed E-state index contributed by atoms with van der Waals surface area (Å²) in [6, 6.07) is 15.7. The lowest BCUT2D eigenvalue weighted by Crippen LogP contribution is -2.49. The summed E-state index contributed by atoms with van der Waals surface area (Å²) in [4.78, 5) is 12.6. The molecule has 1 aliphatic heterocycles. The molecule has 5 heteroatoms. The Bertz CT molecular complexity index is 789. The van der Waals surface area contributed by atoms with Crippen LogP contribution in [0.1, 0.15) is 29.6 Å². The van der Waals surface area contributed by atoms with E-state index in [1.165, 1.54) is 0 Å². The summed E-state index contributed by atoms with van der Waals surface area (Å²) in [5, 5.41) is 3.15. The predicted molar refractivity (Wildman–Crippen MR) is 103 cm³/mol. The van der Waals surface area contributed by atoms with E-state index in [0.29, 0.717) is 18.8 Å². The molecule has 3 atom stereocenters. The van der Waals surface area contributed by atoms with Crippen LogP contribution in [0.4, 0.5) is 0 Å². The maximum absolute atomic E-state index is 12.6. The molecule has 2 aromatic rings. The van der Waals surface area contributed by atoms with Crippen LogP contribution in [0, 0.1) is 0 Å². The zero-order chi connectivity index (χ0) is 18.6. The zero-order valence-corrected chi connectivity index (χ0v) is 15.5. The summed E-state index contributed by atoms with van der Waals surface area (Å²) in [5.41, 5.74) is 2.79. The van der Waals surface area contributed by atoms with Crippen LogP contribution in [0.15, 0.2) is 48.5 Å². The van der Waals surface area contributed by atoms with Crippen LogP contribution in [0.25, 0.3) is 11.1 Å². The first-order valence-corrected chi connectivity index (χ1v) is 9.51. The van der Waals surface area contributed by atoms with Gasteiger partial charge in [-0.2, -0.15) is 0 Å². The SMILES string of the molecule is COc1cccc(-c2ccc(C(=O)N[C@@H]3CC[C@H]4OCCO[C@H]4C3)cc2)c1. The second-order valence-electron chi connectivity index (χ2n) is 7.11. The van der Waals surface area contributed by atoms with Crippen LogP contribution < -0.4 is 10.1 Å². The van der Waals surface area contributed by atoms with Gasteiger partial charge in [-0.25, -0.2) is 0 Å². The number of rotatable bonds is 4. The van der Waals surface area contributed by atoms with E-state index in [2.05, 4.69) is 5.32 Å². The highest BCUT2D eigenvalue weighted by molar-refractivity contribution is 5.94. The smallest absolute Gasteiger partial charge is 0.251 e. The van der Waals surface area contributed by atoms with Crippen molar-refractivity contribution in [2.45, 2.75) is 37.5 Å². The number of ether oxygens (including phenoxy) is 3. The molecule has 2 aromatic carbocycles. The molecule has 1 N–H and O–H groups in total. The molecule has 27 heavy (non-hydrogen) atoms. The highest BCUT2D eigenvalue weighted by Crippen LogP contribution is 2.27. The summed E-state index contributed by atoms with van der Waals surface area (Å²) in [5.74, 6) is 0.784. The number of carbonyl (C=O) groups excluding carboxylic acids is 1. The van der Waals surface area contributed by atoms with Gasteiger partial charge in [0, 0.05) is 11.6 Å². The van der Waals surface area contributed by atoms with E-state index in [0.717, 1.165) is 36.1 Å². The maximum Gasteiger partial charge on any atom is 0.251 e. The Labute approximate surface area is 159 Å². The van der Waals surface area contributed by atoms with Gasteiger partial charge in [-0.3, -0.25) is 4.79 Å². The molecule has 1 saturated carbocycles. The summed E-state index contributed by atoms with van der Waals surface area (Å²) in [6.45, 7) is 1.32. The Kier molecular flexibility index (Phi) is 5.41. The first-order chi connectivity index (χ1) is 13.2. The van der Waals surface area contributed by atoms with Gasteiger partial charge in [-0.15, -0.1) is 0 Å². The van der Waals surface area contributed by atoms with Crippen LogP contribution in [-0.4, -0.2) is 44.5 Å². The van der Waals surface area contributed by atoms with E-state index in [1.807, 2.05) is 48.5 Å². The Balaban J connectivity index is 1.39. The molecule has 0 spiro atoms. The van der Waals surface area contributed by atoms with Crippen molar-refractivity contribution in [1.29, 1.82) is 0 Å². The molecule has 0 unspecified atom stereocenters. The lowest BCUT2D eigenvalue weighted by atomic mass is 9.89. The first-order valence-electron chi connectivity index (χ1n) is 9.51. The third-order valence-corrected chi connectivity index (χ3v) is 5.36. The van der Waals surface area contributed by atoms with Gasteiger partial charge in [0.2, 0.25) is 0 Å². The monoisotopic (exact) mass is 367 g/mol. The second-order valence-corrected chi connectivity index (χ2v) is 7.11. The Hall–Kier alpha value is -2.37. The van der Waals surface area contributed by atoms with Crippen molar-refractivity contribution in [2.24, 2.45) is 0 Å². The average Bonchev–Trinajstić information content (AvgIpc) is 2.74. The third kappa shape index (κ3) is 4.15. The summed E-state index contributed by atoms with van der Waals surface area (Å²) >= 11 is 0. The van der Waals surface area contributed by atoms with Crippen molar-refractivity contribution < 1.29 is 19.0 Å². The highest BCUT2D eigenvalue weighted by atomic mass is 16.6. The van der Waals surface area contributed by atoms with Gasteiger partial charge >= 0.3 is 0 Å². The van der Waals surface area contributed by atoms with Crippen molar-refractivity contribution in [3.8, 4) is 16.9 Å². The molecule has 4 rings (SSSR count). The number of fused-ring (bicyclic) bond motifs is 1. The number of carbonyl (C=O) groups is 1. The molecule has 1 heterocycles. The topological polar surface area (TPSA) is 56.8 Å². The van der Waals surface area contributed by atoms with Gasteiger partial charge in [0.25, 0.3) is 5.91 Å². The van der Waals surface area contributed by atoms with E-state index in [-0.39, 0.29) is 24.2 Å². The molecule has 1 saturated heterocycles. The van der Waals surface area contributed by atoms with Crippen molar-refractivity contribution >= 4 is 5.91 Å². The maximum atomic E-state index is 12.6. The molecule has 5 nitrogen and oxygen atoms in total. The molecule has 1 amide bonds. The van der Waals surface area contributed by atoms with Gasteiger partial charge < -0.3 is 19.5 Å². The number of methoxy groups -OCH3 is 1. The quantitative estimate of drug-likeness (QED) is 0.900. The molecule has 0 radical (unpaired) electrons. The van der Waals surface area contributed by atoms with Crippen molar-refractivity contribution in [1.82, 2.24) is 5.32 Å². The lowest BCUT2D eigenvalue weighted by molar-refractivity contribution is -0.157.